The van der Waals surface area contributed by atoms with Crippen LogP contribution in [0.25, 0.3) is 0 Å². The summed E-state index contributed by atoms with van der Waals surface area (Å²) in [7, 11) is -1.80. The Bertz CT molecular complexity index is 965. The summed E-state index contributed by atoms with van der Waals surface area (Å²) in [5, 5.41) is 9.87. The number of aliphatic hydroxyl groups is 1. The number of hydrogen-bond acceptors (Lipinski definition) is 2. The average Bonchev–Trinajstić information content (AvgIpc) is 3.58. The van der Waals surface area contributed by atoms with Gasteiger partial charge < -0.3 is 9.53 Å². The molecule has 2 aliphatic rings. The molecule has 0 unspecified atom stereocenters. The SMILES string of the molecule is C.CC(C)(C)[Si](C)(C)OC1(c2ccc(F)c(Br)c2)CC1.OC1(c2ccc(F)c(Br)c2)CC1. The topological polar surface area (TPSA) is 29.5 Å². The molecular formula is C25H34Br2F2O2Si. The average molecular weight is 592 g/mol. The first-order valence-electron chi connectivity index (χ1n) is 10.5. The second kappa shape index (κ2) is 9.57. The van der Waals surface area contributed by atoms with E-state index < -0.39 is 13.9 Å². The maximum absolute atomic E-state index is 13.4. The largest absolute Gasteiger partial charge is 0.407 e. The highest BCUT2D eigenvalue weighted by Gasteiger charge is 2.52. The molecular weight excluding hydrogens is 558 g/mol. The van der Waals surface area contributed by atoms with Crippen LogP contribution in [-0.4, -0.2) is 13.4 Å². The van der Waals surface area contributed by atoms with Crippen LogP contribution in [0.3, 0.4) is 0 Å². The lowest BCUT2D eigenvalue weighted by molar-refractivity contribution is 0.151. The molecule has 2 aliphatic carbocycles. The van der Waals surface area contributed by atoms with Crippen molar-refractivity contribution in [3.63, 3.8) is 0 Å². The van der Waals surface area contributed by atoms with E-state index in [1.54, 1.807) is 12.1 Å². The molecule has 0 spiro atoms. The van der Waals surface area contributed by atoms with Crippen molar-refractivity contribution in [3.05, 3.63) is 68.1 Å². The third-order valence-corrected chi connectivity index (χ3v) is 12.3. The highest BCUT2D eigenvalue weighted by molar-refractivity contribution is 9.10. The summed E-state index contributed by atoms with van der Waals surface area (Å²) in [5.74, 6) is -0.505. The van der Waals surface area contributed by atoms with Gasteiger partial charge >= 0.3 is 0 Å². The number of hydrogen-bond donors (Lipinski definition) is 1. The van der Waals surface area contributed by atoms with Gasteiger partial charge in [-0.3, -0.25) is 0 Å². The zero-order valence-electron chi connectivity index (χ0n) is 18.7. The Hall–Kier alpha value is -0.603. The molecule has 0 amide bonds. The molecule has 178 valence electrons. The highest BCUT2D eigenvalue weighted by atomic mass is 79.9. The van der Waals surface area contributed by atoms with E-state index in [-0.39, 0.29) is 29.7 Å². The number of benzene rings is 2. The Balaban J connectivity index is 0.000000241. The van der Waals surface area contributed by atoms with E-state index in [1.165, 1.54) is 12.1 Å². The van der Waals surface area contributed by atoms with Crippen molar-refractivity contribution in [2.45, 2.75) is 83.2 Å². The van der Waals surface area contributed by atoms with Gasteiger partial charge in [0, 0.05) is 0 Å². The molecule has 2 nitrogen and oxygen atoms in total. The third kappa shape index (κ3) is 6.09. The Labute approximate surface area is 209 Å². The lowest BCUT2D eigenvalue weighted by Crippen LogP contribution is -2.44. The van der Waals surface area contributed by atoms with Gasteiger partial charge in [-0.25, -0.2) is 8.78 Å². The Kier molecular flexibility index (Phi) is 8.26. The predicted octanol–water partition coefficient (Wildman–Crippen LogP) is 8.80. The van der Waals surface area contributed by atoms with E-state index >= 15 is 0 Å². The van der Waals surface area contributed by atoms with Crippen molar-refractivity contribution in [2.24, 2.45) is 0 Å². The van der Waals surface area contributed by atoms with Crippen molar-refractivity contribution >= 4 is 40.2 Å². The summed E-state index contributed by atoms with van der Waals surface area (Å²) in [5.41, 5.74) is 1.07. The molecule has 0 heterocycles. The molecule has 0 atom stereocenters. The van der Waals surface area contributed by atoms with E-state index in [0.717, 1.165) is 36.8 Å². The summed E-state index contributed by atoms with van der Waals surface area (Å²) in [6.07, 6.45) is 3.64. The van der Waals surface area contributed by atoms with Gasteiger partial charge in [-0.2, -0.15) is 0 Å². The first kappa shape index (κ1) is 27.6. The van der Waals surface area contributed by atoms with Gasteiger partial charge in [0.1, 0.15) is 11.6 Å². The molecule has 2 saturated carbocycles. The van der Waals surface area contributed by atoms with Crippen LogP contribution < -0.4 is 0 Å². The first-order chi connectivity index (χ1) is 14.2. The molecule has 0 radical (unpaired) electrons. The summed E-state index contributed by atoms with van der Waals surface area (Å²) < 4.78 is 33.7. The van der Waals surface area contributed by atoms with Gasteiger partial charge in [0.25, 0.3) is 0 Å². The van der Waals surface area contributed by atoms with Gasteiger partial charge in [-0.15, -0.1) is 0 Å². The Morgan fingerprint density at radius 2 is 1.31 bits per heavy atom. The summed E-state index contributed by atoms with van der Waals surface area (Å²) in [6.45, 7) is 11.3. The summed E-state index contributed by atoms with van der Waals surface area (Å²) in [6, 6.07) is 9.90. The second-order valence-corrected chi connectivity index (χ2v) is 16.6. The molecule has 1 N–H and O–H groups in total. The lowest BCUT2D eigenvalue weighted by atomic mass is 10.1. The standard InChI is InChI=1S/C15H22BrFOSi.C9H8BrFO.CH4/c1-14(2,3)19(4,5)18-15(8-9-15)11-6-7-13(17)12(16)10-11;10-7-5-6(1-2-8(7)11)9(12)3-4-9;/h6-7,10H,8-9H2,1-5H3;1-2,5,12H,3-4H2;1H4. The van der Waals surface area contributed by atoms with Crippen LogP contribution in [0.2, 0.25) is 18.1 Å². The molecule has 0 aliphatic heterocycles. The lowest BCUT2D eigenvalue weighted by Gasteiger charge is -2.39. The van der Waals surface area contributed by atoms with Crippen LogP contribution in [0.5, 0.6) is 0 Å². The van der Waals surface area contributed by atoms with Crippen molar-refractivity contribution < 1.29 is 18.3 Å². The van der Waals surface area contributed by atoms with E-state index in [2.05, 4.69) is 65.7 Å². The minimum absolute atomic E-state index is 0. The molecule has 0 saturated heterocycles. The van der Waals surface area contributed by atoms with E-state index in [0.29, 0.717) is 8.95 Å². The van der Waals surface area contributed by atoms with Gasteiger partial charge in [-0.05, 0) is 111 Å². The quantitative estimate of drug-likeness (QED) is 0.360. The molecule has 32 heavy (non-hydrogen) atoms. The van der Waals surface area contributed by atoms with Gasteiger partial charge in [0.15, 0.2) is 8.32 Å². The zero-order chi connectivity index (χ0) is 23.2. The van der Waals surface area contributed by atoms with Crippen molar-refractivity contribution in [1.29, 1.82) is 0 Å². The highest BCUT2D eigenvalue weighted by Crippen LogP contribution is 2.54. The number of halogens is 4. The van der Waals surface area contributed by atoms with Crippen LogP contribution in [0, 0.1) is 11.6 Å². The zero-order valence-corrected chi connectivity index (χ0v) is 22.8. The van der Waals surface area contributed by atoms with Crippen LogP contribution in [0.1, 0.15) is 65.0 Å². The minimum atomic E-state index is -1.80. The number of rotatable bonds is 4. The maximum atomic E-state index is 13.4. The third-order valence-electron chi connectivity index (χ3n) is 6.59. The van der Waals surface area contributed by atoms with Gasteiger partial charge in [-0.1, -0.05) is 40.3 Å². The molecule has 4 rings (SSSR count). The molecule has 7 heteroatoms. The predicted molar refractivity (Wildman–Crippen MR) is 137 cm³/mol. The van der Waals surface area contributed by atoms with Crippen molar-refractivity contribution in [3.8, 4) is 0 Å². The normalized spacial score (nSPS) is 18.2. The van der Waals surface area contributed by atoms with E-state index in [9.17, 15) is 13.9 Å². The van der Waals surface area contributed by atoms with E-state index in [4.69, 9.17) is 4.43 Å². The fourth-order valence-electron chi connectivity index (χ4n) is 3.18. The summed E-state index contributed by atoms with van der Waals surface area (Å²) in [4.78, 5) is 0. The monoisotopic (exact) mass is 590 g/mol. The van der Waals surface area contributed by atoms with Gasteiger partial charge in [0.2, 0.25) is 0 Å². The Morgan fingerprint density at radius 1 is 0.875 bits per heavy atom. The molecule has 0 aromatic heterocycles. The van der Waals surface area contributed by atoms with E-state index in [1.807, 2.05) is 12.1 Å². The molecule has 2 aromatic carbocycles. The van der Waals surface area contributed by atoms with Crippen LogP contribution >= 0.6 is 31.9 Å². The van der Waals surface area contributed by atoms with Crippen molar-refractivity contribution in [2.75, 3.05) is 0 Å². The molecule has 0 bridgehead atoms. The fraction of sp³-hybridized carbons (Fsp3) is 0.520. The minimum Gasteiger partial charge on any atom is -0.407 e. The maximum Gasteiger partial charge on any atom is 0.193 e. The summed E-state index contributed by atoms with van der Waals surface area (Å²) >= 11 is 6.35. The smallest absolute Gasteiger partial charge is 0.193 e. The first-order valence-corrected chi connectivity index (χ1v) is 15.0. The van der Waals surface area contributed by atoms with Crippen LogP contribution in [0.4, 0.5) is 8.78 Å². The van der Waals surface area contributed by atoms with Crippen LogP contribution in [-0.2, 0) is 15.6 Å². The molecule has 2 fully saturated rings. The van der Waals surface area contributed by atoms with Gasteiger partial charge in [0.05, 0.1) is 20.1 Å². The van der Waals surface area contributed by atoms with Crippen molar-refractivity contribution in [1.82, 2.24) is 0 Å². The molecule has 2 aromatic rings. The van der Waals surface area contributed by atoms with Crippen LogP contribution in [0.15, 0.2) is 45.3 Å². The Morgan fingerprint density at radius 3 is 1.69 bits per heavy atom. The second-order valence-electron chi connectivity index (χ2n) is 10.1. The fourth-order valence-corrected chi connectivity index (χ4v) is 5.54.